The summed E-state index contributed by atoms with van der Waals surface area (Å²) in [6.07, 6.45) is 2.19. The number of rotatable bonds is 1. The Kier molecular flexibility index (Phi) is 1.38. The van der Waals surface area contributed by atoms with Gasteiger partial charge in [0.05, 0.1) is 0 Å². The SMILES string of the molecule is N#Cc1[nH][c-]nc1C(=N)[O-]. The summed E-state index contributed by atoms with van der Waals surface area (Å²) >= 11 is 0. The van der Waals surface area contributed by atoms with Crippen molar-refractivity contribution in [3.8, 4) is 6.07 Å². The molecule has 1 aromatic heterocycles. The van der Waals surface area contributed by atoms with Crippen molar-refractivity contribution in [3.63, 3.8) is 0 Å². The molecule has 0 aliphatic rings. The van der Waals surface area contributed by atoms with Gasteiger partial charge >= 0.3 is 0 Å². The average Bonchev–Trinajstić information content (AvgIpc) is 2.33. The molecule has 1 rings (SSSR count). The lowest BCUT2D eigenvalue weighted by Crippen LogP contribution is -2.18. The fourth-order valence-electron chi connectivity index (χ4n) is 0.500. The summed E-state index contributed by atoms with van der Waals surface area (Å²) < 4.78 is 0. The maximum absolute atomic E-state index is 10.3. The summed E-state index contributed by atoms with van der Waals surface area (Å²) in [4.78, 5) is 5.65. The number of aromatic nitrogens is 2. The van der Waals surface area contributed by atoms with Gasteiger partial charge in [0.1, 0.15) is 0 Å². The molecule has 2 N–H and O–H groups in total. The third kappa shape index (κ3) is 0.821. The zero-order valence-corrected chi connectivity index (χ0v) is 4.80. The normalized spacial score (nSPS) is 8.70. The Morgan fingerprint density at radius 1 is 1.90 bits per heavy atom. The van der Waals surface area contributed by atoms with Crippen LogP contribution in [0.25, 0.3) is 0 Å². The van der Waals surface area contributed by atoms with Crippen LogP contribution in [0.1, 0.15) is 11.4 Å². The predicted molar refractivity (Wildman–Crippen MR) is 29.0 cm³/mol. The van der Waals surface area contributed by atoms with Crippen molar-refractivity contribution in [2.24, 2.45) is 0 Å². The summed E-state index contributed by atoms with van der Waals surface area (Å²) in [7, 11) is 0. The van der Waals surface area contributed by atoms with Crippen LogP contribution in [0.5, 0.6) is 0 Å². The lowest BCUT2D eigenvalue weighted by atomic mass is 10.3. The summed E-state index contributed by atoms with van der Waals surface area (Å²) in [5.74, 6) is -0.978. The lowest BCUT2D eigenvalue weighted by Gasteiger charge is -2.09. The van der Waals surface area contributed by atoms with Crippen molar-refractivity contribution >= 4 is 5.90 Å². The van der Waals surface area contributed by atoms with Crippen molar-refractivity contribution in [2.75, 3.05) is 0 Å². The second-order valence-electron chi connectivity index (χ2n) is 1.51. The number of nitrogens with zero attached hydrogens (tertiary/aromatic N) is 2. The van der Waals surface area contributed by atoms with E-state index in [2.05, 4.69) is 16.3 Å². The maximum Gasteiger partial charge on any atom is 0.0380 e. The van der Waals surface area contributed by atoms with Crippen molar-refractivity contribution < 1.29 is 5.11 Å². The monoisotopic (exact) mass is 134 g/mol. The summed E-state index contributed by atoms with van der Waals surface area (Å²) in [5, 5.41) is 25.2. The third-order valence-electron chi connectivity index (χ3n) is 0.912. The highest BCUT2D eigenvalue weighted by molar-refractivity contribution is 5.87. The predicted octanol–water partition coefficient (Wildman–Crippen LogP) is -1.23. The Morgan fingerprint density at radius 3 is 3.00 bits per heavy atom. The quantitative estimate of drug-likeness (QED) is 0.285. The second-order valence-corrected chi connectivity index (χ2v) is 1.51. The first-order valence-electron chi connectivity index (χ1n) is 2.37. The molecule has 50 valence electrons. The van der Waals surface area contributed by atoms with Crippen molar-refractivity contribution in [1.82, 2.24) is 9.97 Å². The van der Waals surface area contributed by atoms with Gasteiger partial charge in [-0.2, -0.15) is 0 Å². The number of hydrogen-bond donors (Lipinski definition) is 2. The molecule has 0 unspecified atom stereocenters. The highest BCUT2D eigenvalue weighted by Gasteiger charge is 1.88. The molecular weight excluding hydrogens is 132 g/mol. The van der Waals surface area contributed by atoms with Crippen molar-refractivity contribution in [2.45, 2.75) is 0 Å². The van der Waals surface area contributed by atoms with Gasteiger partial charge in [-0.15, -0.1) is 0 Å². The number of aromatic amines is 1. The van der Waals surface area contributed by atoms with E-state index in [0.29, 0.717) is 0 Å². The zero-order valence-electron chi connectivity index (χ0n) is 4.80. The van der Waals surface area contributed by atoms with Crippen LogP contribution in [0.3, 0.4) is 0 Å². The topological polar surface area (TPSA) is 99.4 Å². The Labute approximate surface area is 56.5 Å². The molecule has 0 amide bonds. The number of nitriles is 1. The minimum Gasteiger partial charge on any atom is -0.868 e. The van der Waals surface area contributed by atoms with E-state index in [1.54, 1.807) is 6.07 Å². The van der Waals surface area contributed by atoms with E-state index in [1.165, 1.54) is 0 Å². The Morgan fingerprint density at radius 2 is 2.60 bits per heavy atom. The van der Waals surface area contributed by atoms with Crippen LogP contribution < -0.4 is 5.11 Å². The van der Waals surface area contributed by atoms with Crippen LogP contribution in [-0.2, 0) is 0 Å². The van der Waals surface area contributed by atoms with E-state index in [4.69, 9.17) is 10.7 Å². The van der Waals surface area contributed by atoms with Gasteiger partial charge in [-0.05, 0) is 17.7 Å². The van der Waals surface area contributed by atoms with Crippen molar-refractivity contribution in [3.05, 3.63) is 17.7 Å². The minimum atomic E-state index is -0.978. The highest BCUT2D eigenvalue weighted by Crippen LogP contribution is 1.96. The van der Waals surface area contributed by atoms with E-state index in [-0.39, 0.29) is 11.4 Å². The molecular formula is C5H2N4O-2. The van der Waals surface area contributed by atoms with Gasteiger partial charge in [0.15, 0.2) is 0 Å². The highest BCUT2D eigenvalue weighted by atomic mass is 16.3. The van der Waals surface area contributed by atoms with Gasteiger partial charge in [-0.25, -0.2) is 5.26 Å². The first kappa shape index (κ1) is 6.29. The fourth-order valence-corrected chi connectivity index (χ4v) is 0.500. The fraction of sp³-hybridized carbons (Fsp3) is 0. The van der Waals surface area contributed by atoms with E-state index >= 15 is 0 Å². The first-order chi connectivity index (χ1) is 4.75. The molecule has 0 saturated carbocycles. The Balaban J connectivity index is 3.17. The molecule has 0 aliphatic heterocycles. The van der Waals surface area contributed by atoms with Gasteiger partial charge < -0.3 is 20.5 Å². The second kappa shape index (κ2) is 2.19. The van der Waals surface area contributed by atoms with Crippen molar-refractivity contribution in [1.29, 1.82) is 10.7 Å². The molecule has 1 aromatic rings. The summed E-state index contributed by atoms with van der Waals surface area (Å²) in [6, 6.07) is 1.67. The average molecular weight is 134 g/mol. The van der Waals surface area contributed by atoms with Crippen LogP contribution in [0.2, 0.25) is 0 Å². The molecule has 0 atom stereocenters. The number of hydrogen-bond acceptors (Lipinski definition) is 4. The molecule has 0 fully saturated rings. The number of nitrogens with one attached hydrogen (secondary N) is 2. The smallest absolute Gasteiger partial charge is 0.0380 e. The number of H-pyrrole nitrogens is 1. The molecule has 0 radical (unpaired) electrons. The summed E-state index contributed by atoms with van der Waals surface area (Å²) in [6.45, 7) is 0. The van der Waals surface area contributed by atoms with Gasteiger partial charge in [0.2, 0.25) is 0 Å². The minimum absolute atomic E-state index is 0.0139. The van der Waals surface area contributed by atoms with Crippen LogP contribution >= 0.6 is 0 Å². The standard InChI is InChI=1S/C5H3N4O/c6-1-3-4(5(7)10)9-2-8-3/h(H2,7,10)(H,8,9)/q-1/p-1. The van der Waals surface area contributed by atoms with E-state index in [9.17, 15) is 5.11 Å². The molecule has 0 spiro atoms. The Bertz CT molecular complexity index is 295. The largest absolute Gasteiger partial charge is 0.868 e. The Hall–Kier alpha value is -1.83. The van der Waals surface area contributed by atoms with Gasteiger partial charge in [0.25, 0.3) is 0 Å². The first-order valence-corrected chi connectivity index (χ1v) is 2.37. The molecule has 10 heavy (non-hydrogen) atoms. The van der Waals surface area contributed by atoms with Crippen LogP contribution in [0, 0.1) is 23.1 Å². The van der Waals surface area contributed by atoms with Crippen LogP contribution in [0.15, 0.2) is 0 Å². The molecule has 5 heteroatoms. The summed E-state index contributed by atoms with van der Waals surface area (Å²) in [5.41, 5.74) is -0.192. The van der Waals surface area contributed by atoms with E-state index in [1.807, 2.05) is 0 Å². The van der Waals surface area contributed by atoms with E-state index < -0.39 is 5.90 Å². The van der Waals surface area contributed by atoms with Crippen LogP contribution in [0.4, 0.5) is 0 Å². The third-order valence-corrected chi connectivity index (χ3v) is 0.912. The lowest BCUT2D eigenvalue weighted by molar-refractivity contribution is -0.214. The van der Waals surface area contributed by atoms with Gasteiger partial charge in [-0.3, -0.25) is 0 Å². The zero-order chi connectivity index (χ0) is 7.56. The molecule has 0 bridgehead atoms. The molecule has 5 nitrogen and oxygen atoms in total. The van der Waals surface area contributed by atoms with Gasteiger partial charge in [0, 0.05) is 6.07 Å². The molecule has 0 aliphatic carbocycles. The number of imidazole rings is 1. The van der Waals surface area contributed by atoms with Crippen LogP contribution in [-0.4, -0.2) is 15.9 Å². The molecule has 0 aromatic carbocycles. The van der Waals surface area contributed by atoms with Gasteiger partial charge in [-0.1, -0.05) is 5.90 Å². The van der Waals surface area contributed by atoms with E-state index in [0.717, 1.165) is 0 Å². The molecule has 1 heterocycles. The molecule has 0 saturated heterocycles. The maximum atomic E-state index is 10.3.